The zero-order valence-corrected chi connectivity index (χ0v) is 16.4. The fourth-order valence-corrected chi connectivity index (χ4v) is 3.47. The maximum atomic E-state index is 2.73. The Balaban J connectivity index is 2.52. The first-order chi connectivity index (χ1) is 11.3. The van der Waals surface area contributed by atoms with E-state index in [1.165, 1.54) is 110 Å². The third-order valence-corrected chi connectivity index (χ3v) is 5.11. The number of nitrogens with zero attached hydrogens (tertiary/aromatic N) is 3. The molecule has 23 heavy (non-hydrogen) atoms. The van der Waals surface area contributed by atoms with Crippen molar-refractivity contribution in [2.75, 3.05) is 58.9 Å². The van der Waals surface area contributed by atoms with Crippen LogP contribution in [-0.2, 0) is 0 Å². The number of hydrogen-bond acceptors (Lipinski definition) is 3. The predicted octanol–water partition coefficient (Wildman–Crippen LogP) is 4.09. The molecule has 0 aromatic heterocycles. The lowest BCUT2D eigenvalue weighted by Crippen LogP contribution is -2.37. The van der Waals surface area contributed by atoms with Crippen molar-refractivity contribution in [2.24, 2.45) is 0 Å². The summed E-state index contributed by atoms with van der Waals surface area (Å²) in [6, 6.07) is 0. The largest absolute Gasteiger partial charge is 0.303 e. The van der Waals surface area contributed by atoms with Crippen molar-refractivity contribution in [1.29, 1.82) is 0 Å². The van der Waals surface area contributed by atoms with Crippen molar-refractivity contribution in [3.8, 4) is 0 Å². The number of hydrogen-bond donors (Lipinski definition) is 0. The maximum Gasteiger partial charge on any atom is 0.0109 e. The van der Waals surface area contributed by atoms with E-state index in [0.29, 0.717) is 0 Å². The van der Waals surface area contributed by atoms with E-state index in [9.17, 15) is 0 Å². The molecule has 0 aromatic carbocycles. The Morgan fingerprint density at radius 2 is 0.783 bits per heavy atom. The molecule has 0 aliphatic carbocycles. The van der Waals surface area contributed by atoms with Gasteiger partial charge in [0.2, 0.25) is 0 Å². The van der Waals surface area contributed by atoms with Crippen LogP contribution in [0.1, 0.15) is 72.1 Å². The first-order valence-corrected chi connectivity index (χ1v) is 10.5. The molecule has 1 fully saturated rings. The smallest absolute Gasteiger partial charge is 0.0109 e. The molecule has 1 saturated heterocycles. The molecule has 3 heteroatoms. The summed E-state index contributed by atoms with van der Waals surface area (Å²) in [5, 5.41) is 0. The highest BCUT2D eigenvalue weighted by Crippen LogP contribution is 2.06. The first-order valence-electron chi connectivity index (χ1n) is 10.5. The standard InChI is InChI=1S/C20H43N3/c1-4-7-12-21-15-10-17-22(13-8-5-2)19-20-23(14-9-6-3)18-11-16-21/h4-20H2,1-3H3. The molecule has 0 unspecified atom stereocenters. The zero-order chi connectivity index (χ0) is 16.8. The second-order valence-electron chi connectivity index (χ2n) is 7.29. The van der Waals surface area contributed by atoms with Gasteiger partial charge in [-0.2, -0.15) is 0 Å². The lowest BCUT2D eigenvalue weighted by molar-refractivity contribution is 0.201. The normalized spacial score (nSPS) is 20.5. The molecule has 0 atom stereocenters. The second kappa shape index (κ2) is 14.2. The van der Waals surface area contributed by atoms with Crippen LogP contribution < -0.4 is 0 Å². The fraction of sp³-hybridized carbons (Fsp3) is 1.00. The maximum absolute atomic E-state index is 2.73. The summed E-state index contributed by atoms with van der Waals surface area (Å²) < 4.78 is 0. The molecule has 0 spiro atoms. The van der Waals surface area contributed by atoms with Gasteiger partial charge >= 0.3 is 0 Å². The summed E-state index contributed by atoms with van der Waals surface area (Å²) in [5.74, 6) is 0. The molecule has 0 amide bonds. The summed E-state index contributed by atoms with van der Waals surface area (Å²) in [6.07, 6.45) is 10.7. The van der Waals surface area contributed by atoms with Gasteiger partial charge in [-0.3, -0.25) is 0 Å². The topological polar surface area (TPSA) is 9.72 Å². The summed E-state index contributed by atoms with van der Waals surface area (Å²) in [7, 11) is 0. The van der Waals surface area contributed by atoms with Gasteiger partial charge in [-0.1, -0.05) is 40.0 Å². The predicted molar refractivity (Wildman–Crippen MR) is 103 cm³/mol. The van der Waals surface area contributed by atoms with Crippen molar-refractivity contribution in [3.63, 3.8) is 0 Å². The van der Waals surface area contributed by atoms with Crippen LogP contribution in [0.15, 0.2) is 0 Å². The minimum absolute atomic E-state index is 1.28. The van der Waals surface area contributed by atoms with Crippen LogP contribution in [0.2, 0.25) is 0 Å². The molecule has 1 heterocycles. The van der Waals surface area contributed by atoms with Gasteiger partial charge in [0, 0.05) is 13.1 Å². The van der Waals surface area contributed by atoms with Crippen LogP contribution in [0.4, 0.5) is 0 Å². The van der Waals surface area contributed by atoms with Gasteiger partial charge in [0.1, 0.15) is 0 Å². The van der Waals surface area contributed by atoms with Gasteiger partial charge < -0.3 is 14.7 Å². The van der Waals surface area contributed by atoms with E-state index in [-0.39, 0.29) is 0 Å². The number of unbranched alkanes of at least 4 members (excludes halogenated alkanes) is 3. The molecule has 1 rings (SSSR count). The molecule has 0 N–H and O–H groups in total. The fourth-order valence-electron chi connectivity index (χ4n) is 3.47. The SMILES string of the molecule is CCCCN1CCCN(CCCC)CCN(CCCC)CCC1. The van der Waals surface area contributed by atoms with E-state index in [1.54, 1.807) is 0 Å². The van der Waals surface area contributed by atoms with Crippen molar-refractivity contribution < 1.29 is 0 Å². The van der Waals surface area contributed by atoms with Gasteiger partial charge in [0.15, 0.2) is 0 Å². The average molecular weight is 326 g/mol. The van der Waals surface area contributed by atoms with Crippen molar-refractivity contribution in [3.05, 3.63) is 0 Å². The Labute approximate surface area is 146 Å². The molecule has 0 radical (unpaired) electrons. The number of rotatable bonds is 9. The minimum Gasteiger partial charge on any atom is -0.303 e. The third-order valence-electron chi connectivity index (χ3n) is 5.11. The van der Waals surface area contributed by atoms with Crippen molar-refractivity contribution in [2.45, 2.75) is 72.1 Å². The molecule has 1 aliphatic rings. The van der Waals surface area contributed by atoms with Crippen LogP contribution in [0.3, 0.4) is 0 Å². The van der Waals surface area contributed by atoms with E-state index in [1.807, 2.05) is 0 Å². The van der Waals surface area contributed by atoms with Crippen molar-refractivity contribution in [1.82, 2.24) is 14.7 Å². The van der Waals surface area contributed by atoms with Crippen LogP contribution in [0, 0.1) is 0 Å². The van der Waals surface area contributed by atoms with E-state index >= 15 is 0 Å². The Morgan fingerprint density at radius 1 is 0.478 bits per heavy atom. The van der Waals surface area contributed by atoms with Crippen LogP contribution in [0.25, 0.3) is 0 Å². The molecule has 3 nitrogen and oxygen atoms in total. The van der Waals surface area contributed by atoms with Crippen LogP contribution in [0.5, 0.6) is 0 Å². The van der Waals surface area contributed by atoms with E-state index in [0.717, 1.165) is 0 Å². The lowest BCUT2D eigenvalue weighted by atomic mass is 10.2. The Kier molecular flexibility index (Phi) is 13.0. The van der Waals surface area contributed by atoms with E-state index in [4.69, 9.17) is 0 Å². The highest BCUT2D eigenvalue weighted by atomic mass is 15.2. The van der Waals surface area contributed by atoms with Crippen molar-refractivity contribution >= 4 is 0 Å². The summed E-state index contributed by atoms with van der Waals surface area (Å²) in [5.41, 5.74) is 0. The summed E-state index contributed by atoms with van der Waals surface area (Å²) >= 11 is 0. The Bertz CT molecular complexity index is 235. The highest BCUT2D eigenvalue weighted by Gasteiger charge is 2.13. The second-order valence-corrected chi connectivity index (χ2v) is 7.29. The molecular formula is C20H43N3. The van der Waals surface area contributed by atoms with Gasteiger partial charge in [-0.15, -0.1) is 0 Å². The molecule has 0 bridgehead atoms. The lowest BCUT2D eigenvalue weighted by Gasteiger charge is -2.27. The van der Waals surface area contributed by atoms with Crippen LogP contribution >= 0.6 is 0 Å². The quantitative estimate of drug-likeness (QED) is 0.632. The van der Waals surface area contributed by atoms with Gasteiger partial charge in [0.05, 0.1) is 0 Å². The Hall–Kier alpha value is -0.120. The van der Waals surface area contributed by atoms with E-state index < -0.39 is 0 Å². The Morgan fingerprint density at radius 3 is 1.09 bits per heavy atom. The van der Waals surface area contributed by atoms with E-state index in [2.05, 4.69) is 35.5 Å². The minimum atomic E-state index is 1.28. The third kappa shape index (κ3) is 10.4. The average Bonchev–Trinajstić information content (AvgIpc) is 2.61. The molecule has 138 valence electrons. The van der Waals surface area contributed by atoms with Gasteiger partial charge in [-0.05, 0) is 77.9 Å². The molecule has 0 aromatic rings. The molecule has 1 aliphatic heterocycles. The van der Waals surface area contributed by atoms with Gasteiger partial charge in [-0.25, -0.2) is 0 Å². The summed E-state index contributed by atoms with van der Waals surface area (Å²) in [4.78, 5) is 8.18. The monoisotopic (exact) mass is 325 g/mol. The van der Waals surface area contributed by atoms with Gasteiger partial charge in [0.25, 0.3) is 0 Å². The summed E-state index contributed by atoms with van der Waals surface area (Å²) in [6.45, 7) is 18.6. The molecule has 0 saturated carbocycles. The molecular weight excluding hydrogens is 282 g/mol. The van der Waals surface area contributed by atoms with Crippen LogP contribution in [-0.4, -0.2) is 73.6 Å². The highest BCUT2D eigenvalue weighted by molar-refractivity contribution is 4.69. The first kappa shape index (κ1) is 20.9. The zero-order valence-electron chi connectivity index (χ0n) is 16.4.